The van der Waals surface area contributed by atoms with Crippen molar-refractivity contribution in [3.05, 3.63) is 12.2 Å². The van der Waals surface area contributed by atoms with Gasteiger partial charge < -0.3 is 10.4 Å². The molecule has 0 heterocycles. The first-order valence-corrected chi connectivity index (χ1v) is 5.15. The number of unbranched alkanes of at least 4 members (excludes halogenated alkanes) is 1. The van der Waals surface area contributed by atoms with E-state index in [1.807, 2.05) is 0 Å². The molecule has 14 heavy (non-hydrogen) atoms. The standard InChI is InChI=1S/C11H21NO2/c1-9(2)6-4-5-7-12-8-10(3)11(13)14/h9,12H,3-8H2,1-2H3,(H,13,14). The second kappa shape index (κ2) is 7.56. The van der Waals surface area contributed by atoms with Gasteiger partial charge in [0.2, 0.25) is 0 Å². The van der Waals surface area contributed by atoms with Crippen LogP contribution in [0, 0.1) is 5.92 Å². The number of rotatable bonds is 8. The van der Waals surface area contributed by atoms with E-state index in [9.17, 15) is 4.79 Å². The molecule has 0 atom stereocenters. The Kier molecular flexibility index (Phi) is 7.11. The fourth-order valence-corrected chi connectivity index (χ4v) is 1.12. The van der Waals surface area contributed by atoms with Gasteiger partial charge in [-0.05, 0) is 18.9 Å². The van der Waals surface area contributed by atoms with E-state index in [1.165, 1.54) is 12.8 Å². The molecule has 0 aliphatic rings. The highest BCUT2D eigenvalue weighted by Gasteiger charge is 2.01. The van der Waals surface area contributed by atoms with Crippen LogP contribution < -0.4 is 5.32 Å². The van der Waals surface area contributed by atoms with Crippen LogP contribution in [0.25, 0.3) is 0 Å². The summed E-state index contributed by atoms with van der Waals surface area (Å²) in [5.41, 5.74) is 0.230. The van der Waals surface area contributed by atoms with E-state index in [2.05, 4.69) is 25.7 Å². The maximum atomic E-state index is 10.4. The molecule has 0 saturated carbocycles. The molecule has 0 radical (unpaired) electrons. The maximum absolute atomic E-state index is 10.4. The highest BCUT2D eigenvalue weighted by Crippen LogP contribution is 2.04. The zero-order valence-electron chi connectivity index (χ0n) is 9.18. The van der Waals surface area contributed by atoms with Crippen molar-refractivity contribution in [2.24, 2.45) is 5.92 Å². The molecular formula is C11H21NO2. The minimum Gasteiger partial charge on any atom is -0.478 e. The summed E-state index contributed by atoms with van der Waals surface area (Å²) in [6.07, 6.45) is 3.54. The van der Waals surface area contributed by atoms with Crippen LogP contribution in [0.5, 0.6) is 0 Å². The molecular weight excluding hydrogens is 178 g/mol. The molecule has 0 fully saturated rings. The average molecular weight is 199 g/mol. The van der Waals surface area contributed by atoms with Gasteiger partial charge in [0.15, 0.2) is 0 Å². The molecule has 0 aromatic heterocycles. The highest BCUT2D eigenvalue weighted by molar-refractivity contribution is 5.86. The van der Waals surface area contributed by atoms with E-state index in [1.54, 1.807) is 0 Å². The Balaban J connectivity index is 3.22. The molecule has 0 bridgehead atoms. The van der Waals surface area contributed by atoms with Crippen molar-refractivity contribution in [3.8, 4) is 0 Å². The fourth-order valence-electron chi connectivity index (χ4n) is 1.12. The third-order valence-electron chi connectivity index (χ3n) is 2.03. The zero-order chi connectivity index (χ0) is 11.0. The van der Waals surface area contributed by atoms with E-state index in [-0.39, 0.29) is 5.57 Å². The van der Waals surface area contributed by atoms with Crippen LogP contribution in [0.1, 0.15) is 33.1 Å². The SMILES string of the molecule is C=C(CNCCCCC(C)C)C(=O)O. The van der Waals surface area contributed by atoms with Gasteiger partial charge in [-0.2, -0.15) is 0 Å². The number of nitrogens with one attached hydrogen (secondary N) is 1. The molecule has 0 spiro atoms. The van der Waals surface area contributed by atoms with Gasteiger partial charge in [0.05, 0.1) is 0 Å². The Morgan fingerprint density at radius 1 is 1.43 bits per heavy atom. The van der Waals surface area contributed by atoms with Crippen LogP contribution in [0.4, 0.5) is 0 Å². The van der Waals surface area contributed by atoms with Crippen molar-refractivity contribution < 1.29 is 9.90 Å². The third kappa shape index (κ3) is 7.80. The molecule has 0 aromatic rings. The molecule has 0 aliphatic heterocycles. The maximum Gasteiger partial charge on any atom is 0.332 e. The number of carbonyl (C=O) groups is 1. The summed E-state index contributed by atoms with van der Waals surface area (Å²) in [5, 5.41) is 11.6. The predicted molar refractivity (Wildman–Crippen MR) is 58.3 cm³/mol. The van der Waals surface area contributed by atoms with Crippen molar-refractivity contribution >= 4 is 5.97 Å². The smallest absolute Gasteiger partial charge is 0.332 e. The topological polar surface area (TPSA) is 49.3 Å². The molecule has 0 rings (SSSR count). The molecule has 82 valence electrons. The number of carboxylic acids is 1. The monoisotopic (exact) mass is 199 g/mol. The van der Waals surface area contributed by atoms with Gasteiger partial charge in [-0.1, -0.05) is 33.3 Å². The Hall–Kier alpha value is -0.830. The van der Waals surface area contributed by atoms with Crippen molar-refractivity contribution in [1.82, 2.24) is 5.32 Å². The molecule has 0 saturated heterocycles. The second-order valence-corrected chi connectivity index (χ2v) is 3.98. The highest BCUT2D eigenvalue weighted by atomic mass is 16.4. The lowest BCUT2D eigenvalue weighted by Crippen LogP contribution is -2.21. The molecule has 0 amide bonds. The van der Waals surface area contributed by atoms with Crippen LogP contribution in [0.15, 0.2) is 12.2 Å². The summed E-state index contributed by atoms with van der Waals surface area (Å²) in [6.45, 7) is 9.11. The van der Waals surface area contributed by atoms with Crippen LogP contribution >= 0.6 is 0 Å². The summed E-state index contributed by atoms with van der Waals surface area (Å²) >= 11 is 0. The first kappa shape index (κ1) is 13.2. The average Bonchev–Trinajstić information content (AvgIpc) is 2.09. The predicted octanol–water partition coefficient (Wildman–Crippen LogP) is 2.04. The molecule has 0 unspecified atom stereocenters. The first-order chi connectivity index (χ1) is 6.54. The van der Waals surface area contributed by atoms with E-state index in [0.717, 1.165) is 18.9 Å². The van der Waals surface area contributed by atoms with Crippen molar-refractivity contribution in [1.29, 1.82) is 0 Å². The summed E-state index contributed by atoms with van der Waals surface area (Å²) in [6, 6.07) is 0. The van der Waals surface area contributed by atoms with E-state index < -0.39 is 5.97 Å². The lowest BCUT2D eigenvalue weighted by Gasteiger charge is -2.05. The van der Waals surface area contributed by atoms with Crippen molar-refractivity contribution in [2.75, 3.05) is 13.1 Å². The zero-order valence-corrected chi connectivity index (χ0v) is 9.18. The number of aliphatic carboxylic acids is 1. The molecule has 0 aromatic carbocycles. The van der Waals surface area contributed by atoms with Crippen LogP contribution in [0.3, 0.4) is 0 Å². The summed E-state index contributed by atoms with van der Waals surface area (Å²) in [5.74, 6) is -0.163. The lowest BCUT2D eigenvalue weighted by molar-refractivity contribution is -0.132. The van der Waals surface area contributed by atoms with Gasteiger partial charge in [0, 0.05) is 12.1 Å². The quantitative estimate of drug-likeness (QED) is 0.464. The lowest BCUT2D eigenvalue weighted by atomic mass is 10.1. The first-order valence-electron chi connectivity index (χ1n) is 5.15. The Morgan fingerprint density at radius 2 is 2.07 bits per heavy atom. The number of carboxylic acid groups (broad SMARTS) is 1. The van der Waals surface area contributed by atoms with Gasteiger partial charge in [-0.25, -0.2) is 4.79 Å². The van der Waals surface area contributed by atoms with Gasteiger partial charge in [0.1, 0.15) is 0 Å². The van der Waals surface area contributed by atoms with E-state index >= 15 is 0 Å². The molecule has 3 nitrogen and oxygen atoms in total. The van der Waals surface area contributed by atoms with Crippen LogP contribution in [-0.4, -0.2) is 24.2 Å². The number of hydrogen-bond acceptors (Lipinski definition) is 2. The summed E-state index contributed by atoms with van der Waals surface area (Å²) in [7, 11) is 0. The van der Waals surface area contributed by atoms with Crippen molar-refractivity contribution in [3.63, 3.8) is 0 Å². The Morgan fingerprint density at radius 3 is 2.57 bits per heavy atom. The van der Waals surface area contributed by atoms with Crippen molar-refractivity contribution in [2.45, 2.75) is 33.1 Å². The third-order valence-corrected chi connectivity index (χ3v) is 2.03. The van der Waals surface area contributed by atoms with Crippen LogP contribution in [-0.2, 0) is 4.79 Å². The largest absolute Gasteiger partial charge is 0.478 e. The van der Waals surface area contributed by atoms with E-state index in [4.69, 9.17) is 5.11 Å². The molecule has 2 N–H and O–H groups in total. The minimum atomic E-state index is -0.917. The van der Waals surface area contributed by atoms with Crippen LogP contribution in [0.2, 0.25) is 0 Å². The fraction of sp³-hybridized carbons (Fsp3) is 0.727. The second-order valence-electron chi connectivity index (χ2n) is 3.98. The normalized spacial score (nSPS) is 10.5. The Bertz CT molecular complexity index is 188. The number of hydrogen-bond donors (Lipinski definition) is 2. The summed E-state index contributed by atoms with van der Waals surface area (Å²) in [4.78, 5) is 10.4. The molecule has 0 aliphatic carbocycles. The Labute approximate surface area is 86.2 Å². The molecule has 3 heteroatoms. The van der Waals surface area contributed by atoms with Gasteiger partial charge in [0.25, 0.3) is 0 Å². The van der Waals surface area contributed by atoms with Gasteiger partial charge in [-0.15, -0.1) is 0 Å². The van der Waals surface area contributed by atoms with Gasteiger partial charge in [-0.3, -0.25) is 0 Å². The van der Waals surface area contributed by atoms with Gasteiger partial charge >= 0.3 is 5.97 Å². The minimum absolute atomic E-state index is 0.230. The van der Waals surface area contributed by atoms with E-state index in [0.29, 0.717) is 6.54 Å². The summed E-state index contributed by atoms with van der Waals surface area (Å²) < 4.78 is 0.